The molecule has 0 bridgehead atoms. The predicted octanol–water partition coefficient (Wildman–Crippen LogP) is 5.02. The standard InChI is InChI=1S/C22H17ClN2O4/c1-27-19-10-13(9-17(23)21(19)28-2)12-24-25-22(26)20-11-16-15-6-4-3-5-14(15)7-8-18(16)29-20/h3-12H,1-2H3,(H,25,26)/b24-12-. The minimum Gasteiger partial charge on any atom is -0.493 e. The smallest absolute Gasteiger partial charge is 0.307 e. The first-order chi connectivity index (χ1) is 14.1. The molecule has 6 nitrogen and oxygen atoms in total. The average Bonchev–Trinajstić information content (AvgIpc) is 3.18. The Balaban J connectivity index is 1.56. The number of nitrogens with one attached hydrogen (secondary N) is 1. The van der Waals surface area contributed by atoms with Gasteiger partial charge >= 0.3 is 5.91 Å². The Morgan fingerprint density at radius 1 is 1.07 bits per heavy atom. The van der Waals surface area contributed by atoms with Gasteiger partial charge in [0.05, 0.1) is 25.5 Å². The van der Waals surface area contributed by atoms with Crippen LogP contribution in [0.25, 0.3) is 21.7 Å². The third-order valence-corrected chi connectivity index (χ3v) is 4.77. The van der Waals surface area contributed by atoms with Crippen LogP contribution in [0.4, 0.5) is 0 Å². The van der Waals surface area contributed by atoms with Crippen LogP contribution < -0.4 is 14.9 Å². The van der Waals surface area contributed by atoms with Gasteiger partial charge in [-0.05, 0) is 40.6 Å². The second kappa shape index (κ2) is 7.85. The number of fused-ring (bicyclic) bond motifs is 3. The summed E-state index contributed by atoms with van der Waals surface area (Å²) in [7, 11) is 3.02. The van der Waals surface area contributed by atoms with Crippen molar-refractivity contribution in [2.24, 2.45) is 5.10 Å². The van der Waals surface area contributed by atoms with Crippen LogP contribution in [0.1, 0.15) is 16.1 Å². The zero-order chi connectivity index (χ0) is 20.4. The second-order valence-corrected chi connectivity index (χ2v) is 6.65. The molecule has 0 atom stereocenters. The topological polar surface area (TPSA) is 73.1 Å². The number of benzene rings is 3. The molecule has 29 heavy (non-hydrogen) atoms. The Labute approximate surface area is 171 Å². The maximum absolute atomic E-state index is 12.4. The largest absolute Gasteiger partial charge is 0.493 e. The van der Waals surface area contributed by atoms with E-state index in [1.807, 2.05) is 36.4 Å². The van der Waals surface area contributed by atoms with E-state index in [2.05, 4.69) is 10.5 Å². The first-order valence-corrected chi connectivity index (χ1v) is 9.14. The number of rotatable bonds is 5. The zero-order valence-electron chi connectivity index (χ0n) is 15.7. The number of amides is 1. The van der Waals surface area contributed by atoms with E-state index in [0.717, 1.165) is 16.2 Å². The van der Waals surface area contributed by atoms with Crippen molar-refractivity contribution in [2.45, 2.75) is 0 Å². The van der Waals surface area contributed by atoms with Gasteiger partial charge in [-0.1, -0.05) is 41.9 Å². The number of hydrogen-bond donors (Lipinski definition) is 1. The molecule has 0 saturated heterocycles. The van der Waals surface area contributed by atoms with E-state index >= 15 is 0 Å². The number of ether oxygens (including phenoxy) is 2. The lowest BCUT2D eigenvalue weighted by Gasteiger charge is -2.09. The van der Waals surface area contributed by atoms with Crippen LogP contribution in [-0.4, -0.2) is 26.3 Å². The first kappa shape index (κ1) is 18.8. The van der Waals surface area contributed by atoms with E-state index in [0.29, 0.717) is 27.7 Å². The van der Waals surface area contributed by atoms with E-state index in [1.165, 1.54) is 20.4 Å². The summed E-state index contributed by atoms with van der Waals surface area (Å²) in [6.45, 7) is 0. The molecule has 0 aliphatic heterocycles. The van der Waals surface area contributed by atoms with Gasteiger partial charge in [-0.15, -0.1) is 0 Å². The molecule has 3 aromatic carbocycles. The van der Waals surface area contributed by atoms with Crippen LogP contribution in [0.15, 0.2) is 64.1 Å². The Bertz CT molecular complexity index is 1250. The van der Waals surface area contributed by atoms with Gasteiger partial charge in [0.2, 0.25) is 0 Å². The third kappa shape index (κ3) is 3.62. The molecule has 0 fully saturated rings. The minimum atomic E-state index is -0.451. The Kier molecular flexibility index (Phi) is 5.10. The Hall–Kier alpha value is -3.51. The summed E-state index contributed by atoms with van der Waals surface area (Å²) in [5, 5.41) is 7.34. The van der Waals surface area contributed by atoms with Crippen molar-refractivity contribution in [1.82, 2.24) is 5.43 Å². The fourth-order valence-corrected chi connectivity index (χ4v) is 3.43. The van der Waals surface area contributed by atoms with E-state index < -0.39 is 5.91 Å². The van der Waals surface area contributed by atoms with Gasteiger partial charge in [0.1, 0.15) is 5.58 Å². The fraction of sp³-hybridized carbons (Fsp3) is 0.0909. The molecule has 0 spiro atoms. The van der Waals surface area contributed by atoms with Gasteiger partial charge < -0.3 is 13.9 Å². The third-order valence-electron chi connectivity index (χ3n) is 4.49. The molecular weight excluding hydrogens is 392 g/mol. The highest BCUT2D eigenvalue weighted by atomic mass is 35.5. The molecule has 1 amide bonds. The second-order valence-electron chi connectivity index (χ2n) is 6.25. The van der Waals surface area contributed by atoms with E-state index in [9.17, 15) is 4.79 Å². The number of hydrazone groups is 1. The Morgan fingerprint density at radius 3 is 2.69 bits per heavy atom. The molecule has 0 unspecified atom stereocenters. The summed E-state index contributed by atoms with van der Waals surface area (Å²) in [5.41, 5.74) is 3.75. The monoisotopic (exact) mass is 408 g/mol. The number of methoxy groups -OCH3 is 2. The lowest BCUT2D eigenvalue weighted by atomic mass is 10.1. The summed E-state index contributed by atoms with van der Waals surface area (Å²) >= 11 is 6.17. The number of halogens is 1. The average molecular weight is 409 g/mol. The van der Waals surface area contributed by atoms with Crippen LogP contribution in [-0.2, 0) is 0 Å². The zero-order valence-corrected chi connectivity index (χ0v) is 16.5. The summed E-state index contributed by atoms with van der Waals surface area (Å²) < 4.78 is 16.1. The maximum Gasteiger partial charge on any atom is 0.307 e. The highest BCUT2D eigenvalue weighted by molar-refractivity contribution is 6.32. The molecule has 1 heterocycles. The highest BCUT2D eigenvalue weighted by Gasteiger charge is 2.14. The number of furan rings is 1. The van der Waals surface area contributed by atoms with Crippen molar-refractivity contribution in [1.29, 1.82) is 0 Å². The maximum atomic E-state index is 12.4. The van der Waals surface area contributed by atoms with Crippen molar-refractivity contribution in [3.05, 3.63) is 70.9 Å². The Morgan fingerprint density at radius 2 is 1.90 bits per heavy atom. The highest BCUT2D eigenvalue weighted by Crippen LogP contribution is 2.35. The molecular formula is C22H17ClN2O4. The van der Waals surface area contributed by atoms with Gasteiger partial charge in [-0.2, -0.15) is 5.10 Å². The normalized spacial score (nSPS) is 11.3. The van der Waals surface area contributed by atoms with E-state index in [-0.39, 0.29) is 5.76 Å². The van der Waals surface area contributed by atoms with Gasteiger partial charge in [0.25, 0.3) is 0 Å². The molecule has 7 heteroatoms. The quantitative estimate of drug-likeness (QED) is 0.371. The van der Waals surface area contributed by atoms with Gasteiger partial charge in [0.15, 0.2) is 17.3 Å². The van der Waals surface area contributed by atoms with Gasteiger partial charge in [-0.3, -0.25) is 4.79 Å². The van der Waals surface area contributed by atoms with E-state index in [4.69, 9.17) is 25.5 Å². The summed E-state index contributed by atoms with van der Waals surface area (Å²) in [6, 6.07) is 16.8. The minimum absolute atomic E-state index is 0.179. The number of carbonyl (C=O) groups is 1. The van der Waals surface area contributed by atoms with Crippen molar-refractivity contribution in [3.8, 4) is 11.5 Å². The van der Waals surface area contributed by atoms with Crippen LogP contribution in [0.2, 0.25) is 5.02 Å². The van der Waals surface area contributed by atoms with Crippen LogP contribution in [0.3, 0.4) is 0 Å². The summed E-state index contributed by atoms with van der Waals surface area (Å²) in [4.78, 5) is 12.4. The fourth-order valence-electron chi connectivity index (χ4n) is 3.14. The number of hydrogen-bond acceptors (Lipinski definition) is 5. The molecule has 146 valence electrons. The molecule has 0 aliphatic rings. The first-order valence-electron chi connectivity index (χ1n) is 8.77. The molecule has 0 radical (unpaired) electrons. The van der Waals surface area contributed by atoms with Crippen molar-refractivity contribution in [2.75, 3.05) is 14.2 Å². The number of nitrogens with zero attached hydrogens (tertiary/aromatic N) is 1. The lowest BCUT2D eigenvalue weighted by Crippen LogP contribution is -2.16. The van der Waals surface area contributed by atoms with Crippen LogP contribution in [0.5, 0.6) is 11.5 Å². The van der Waals surface area contributed by atoms with E-state index in [1.54, 1.807) is 18.2 Å². The van der Waals surface area contributed by atoms with Gasteiger partial charge in [0, 0.05) is 5.39 Å². The van der Waals surface area contributed by atoms with Crippen LogP contribution >= 0.6 is 11.6 Å². The molecule has 0 aliphatic carbocycles. The predicted molar refractivity (Wildman–Crippen MR) is 113 cm³/mol. The molecule has 4 aromatic rings. The number of carbonyl (C=O) groups excluding carboxylic acids is 1. The molecule has 1 N–H and O–H groups in total. The van der Waals surface area contributed by atoms with Crippen LogP contribution in [0, 0.1) is 0 Å². The molecule has 1 aromatic heterocycles. The summed E-state index contributed by atoms with van der Waals surface area (Å²) in [5.74, 6) is 0.633. The summed E-state index contributed by atoms with van der Waals surface area (Å²) in [6.07, 6.45) is 1.46. The van der Waals surface area contributed by atoms with Crippen molar-refractivity contribution < 1.29 is 18.7 Å². The molecule has 0 saturated carbocycles. The van der Waals surface area contributed by atoms with Gasteiger partial charge in [-0.25, -0.2) is 5.43 Å². The molecule has 4 rings (SSSR count). The van der Waals surface area contributed by atoms with Crippen molar-refractivity contribution >= 4 is 45.5 Å². The van der Waals surface area contributed by atoms with Crippen molar-refractivity contribution in [3.63, 3.8) is 0 Å². The SMILES string of the molecule is COc1cc(/C=N\NC(=O)c2cc3c(ccc4ccccc43)o2)cc(Cl)c1OC. The lowest BCUT2D eigenvalue weighted by molar-refractivity contribution is 0.0929.